The smallest absolute Gasteiger partial charge is 0.123 e. The van der Waals surface area contributed by atoms with Gasteiger partial charge >= 0.3 is 0 Å². The number of pyridine rings is 1. The van der Waals surface area contributed by atoms with E-state index in [0.29, 0.717) is 12.2 Å². The number of aliphatic hydroxyl groups is 1. The summed E-state index contributed by atoms with van der Waals surface area (Å²) in [5.41, 5.74) is 6.66. The van der Waals surface area contributed by atoms with Crippen molar-refractivity contribution < 1.29 is 5.11 Å². The molecule has 1 fully saturated rings. The van der Waals surface area contributed by atoms with Gasteiger partial charge in [-0.2, -0.15) is 0 Å². The molecule has 4 heteroatoms. The average Bonchev–Trinajstić information content (AvgIpc) is 2.79. The van der Waals surface area contributed by atoms with Crippen molar-refractivity contribution in [3.8, 4) is 0 Å². The van der Waals surface area contributed by atoms with Gasteiger partial charge in [0.05, 0.1) is 6.10 Å². The quantitative estimate of drug-likeness (QED) is 0.847. The largest absolute Gasteiger partial charge is 0.391 e. The van der Waals surface area contributed by atoms with Gasteiger partial charge in [0.1, 0.15) is 5.82 Å². The summed E-state index contributed by atoms with van der Waals surface area (Å²) < 4.78 is 0. The minimum absolute atomic E-state index is 0.0714. The molecule has 18 heavy (non-hydrogen) atoms. The van der Waals surface area contributed by atoms with E-state index in [4.69, 9.17) is 5.73 Å². The molecule has 1 heterocycles. The van der Waals surface area contributed by atoms with Crippen LogP contribution in [-0.4, -0.2) is 40.7 Å². The molecule has 1 unspecified atom stereocenters. The number of aliphatic hydroxyl groups excluding tert-OH is 1. The Morgan fingerprint density at radius 3 is 2.67 bits per heavy atom. The predicted molar refractivity (Wildman–Crippen MR) is 73.2 cm³/mol. The first-order valence-corrected chi connectivity index (χ1v) is 6.60. The summed E-state index contributed by atoms with van der Waals surface area (Å²) in [6.45, 7) is 0. The SMILES string of the molecule is CN(C)C1(C(O)Cc2ccnc(N)c2)CCCC1. The molecule has 3 N–H and O–H groups in total. The summed E-state index contributed by atoms with van der Waals surface area (Å²) in [6.07, 6.45) is 6.54. The van der Waals surface area contributed by atoms with Gasteiger partial charge in [0, 0.05) is 18.2 Å². The number of nitrogen functional groups attached to an aromatic ring is 1. The molecule has 0 saturated heterocycles. The first-order valence-electron chi connectivity index (χ1n) is 6.60. The second-order valence-electron chi connectivity index (χ2n) is 5.51. The highest BCUT2D eigenvalue weighted by atomic mass is 16.3. The van der Waals surface area contributed by atoms with Crippen molar-refractivity contribution in [3.05, 3.63) is 23.9 Å². The molecule has 1 saturated carbocycles. The number of nitrogens with two attached hydrogens (primary N) is 1. The number of aromatic nitrogens is 1. The fourth-order valence-corrected chi connectivity index (χ4v) is 3.10. The second-order valence-corrected chi connectivity index (χ2v) is 5.51. The molecule has 0 amide bonds. The van der Waals surface area contributed by atoms with Gasteiger partial charge in [0.15, 0.2) is 0 Å². The van der Waals surface area contributed by atoms with Crippen LogP contribution in [0.4, 0.5) is 5.82 Å². The van der Waals surface area contributed by atoms with Crippen LogP contribution in [0.25, 0.3) is 0 Å². The van der Waals surface area contributed by atoms with E-state index in [9.17, 15) is 5.11 Å². The molecular weight excluding hydrogens is 226 g/mol. The number of rotatable bonds is 4. The first kappa shape index (κ1) is 13.3. The van der Waals surface area contributed by atoms with Gasteiger partial charge in [-0.1, -0.05) is 12.8 Å². The van der Waals surface area contributed by atoms with Crippen LogP contribution in [0, 0.1) is 0 Å². The van der Waals surface area contributed by atoms with Crippen molar-refractivity contribution in [2.75, 3.05) is 19.8 Å². The van der Waals surface area contributed by atoms with E-state index in [1.165, 1.54) is 12.8 Å². The number of anilines is 1. The summed E-state index contributed by atoms with van der Waals surface area (Å²) in [4.78, 5) is 6.17. The summed E-state index contributed by atoms with van der Waals surface area (Å²) in [7, 11) is 4.13. The highest BCUT2D eigenvalue weighted by molar-refractivity contribution is 5.32. The molecule has 4 nitrogen and oxygen atoms in total. The maximum Gasteiger partial charge on any atom is 0.123 e. The molecule has 1 aliphatic rings. The fourth-order valence-electron chi connectivity index (χ4n) is 3.10. The van der Waals surface area contributed by atoms with Crippen LogP contribution in [0.5, 0.6) is 0 Å². The molecule has 0 aromatic carbocycles. The molecule has 1 aliphatic carbocycles. The number of hydrogen-bond donors (Lipinski definition) is 2. The molecule has 0 aliphatic heterocycles. The monoisotopic (exact) mass is 249 g/mol. The Morgan fingerprint density at radius 1 is 1.44 bits per heavy atom. The Morgan fingerprint density at radius 2 is 2.11 bits per heavy atom. The molecule has 1 atom stereocenters. The van der Waals surface area contributed by atoms with Gasteiger partial charge in [0.25, 0.3) is 0 Å². The van der Waals surface area contributed by atoms with Crippen LogP contribution in [0.1, 0.15) is 31.2 Å². The van der Waals surface area contributed by atoms with Crippen LogP contribution in [0.15, 0.2) is 18.3 Å². The minimum Gasteiger partial charge on any atom is -0.391 e. The molecular formula is C14H23N3O. The predicted octanol–water partition coefficient (Wildman–Crippen LogP) is 1.44. The topological polar surface area (TPSA) is 62.4 Å². The molecule has 0 bridgehead atoms. The van der Waals surface area contributed by atoms with Crippen LogP contribution in [-0.2, 0) is 6.42 Å². The summed E-state index contributed by atoms with van der Waals surface area (Å²) in [5, 5.41) is 10.6. The highest BCUT2D eigenvalue weighted by Crippen LogP contribution is 2.37. The zero-order valence-electron chi connectivity index (χ0n) is 11.3. The average molecular weight is 249 g/mol. The van der Waals surface area contributed by atoms with E-state index in [0.717, 1.165) is 18.4 Å². The van der Waals surface area contributed by atoms with Crippen LogP contribution in [0.2, 0.25) is 0 Å². The Bertz CT molecular complexity index is 400. The van der Waals surface area contributed by atoms with Gasteiger partial charge in [0.2, 0.25) is 0 Å². The van der Waals surface area contributed by atoms with Crippen LogP contribution in [0.3, 0.4) is 0 Å². The van der Waals surface area contributed by atoms with E-state index in [1.807, 2.05) is 12.1 Å². The number of nitrogens with zero attached hydrogens (tertiary/aromatic N) is 2. The maximum absolute atomic E-state index is 10.6. The Kier molecular flexibility index (Phi) is 3.88. The number of likely N-dealkylation sites (N-methyl/N-ethyl adjacent to an activating group) is 1. The molecule has 1 aromatic heterocycles. The van der Waals surface area contributed by atoms with E-state index in [2.05, 4.69) is 24.0 Å². The zero-order valence-corrected chi connectivity index (χ0v) is 11.3. The molecule has 0 spiro atoms. The van der Waals surface area contributed by atoms with Gasteiger partial charge in [-0.25, -0.2) is 4.98 Å². The first-order chi connectivity index (χ1) is 8.54. The van der Waals surface area contributed by atoms with Crippen molar-refractivity contribution in [1.82, 2.24) is 9.88 Å². The van der Waals surface area contributed by atoms with E-state index >= 15 is 0 Å². The van der Waals surface area contributed by atoms with E-state index in [-0.39, 0.29) is 11.6 Å². The summed E-state index contributed by atoms with van der Waals surface area (Å²) >= 11 is 0. The lowest BCUT2D eigenvalue weighted by atomic mass is 9.85. The highest BCUT2D eigenvalue weighted by Gasteiger charge is 2.42. The molecule has 1 aromatic rings. The lowest BCUT2D eigenvalue weighted by Gasteiger charge is -2.40. The third-order valence-electron chi connectivity index (χ3n) is 4.25. The third kappa shape index (κ3) is 2.49. The van der Waals surface area contributed by atoms with Crippen molar-refractivity contribution in [3.63, 3.8) is 0 Å². The minimum atomic E-state index is -0.350. The van der Waals surface area contributed by atoms with Gasteiger partial charge < -0.3 is 15.7 Å². The van der Waals surface area contributed by atoms with Gasteiger partial charge in [-0.15, -0.1) is 0 Å². The summed E-state index contributed by atoms with van der Waals surface area (Å²) in [5.74, 6) is 0.519. The molecule has 2 rings (SSSR count). The molecule has 100 valence electrons. The lowest BCUT2D eigenvalue weighted by Crippen LogP contribution is -2.52. The van der Waals surface area contributed by atoms with Crippen molar-refractivity contribution in [2.45, 2.75) is 43.7 Å². The number of hydrogen-bond acceptors (Lipinski definition) is 4. The van der Waals surface area contributed by atoms with Gasteiger partial charge in [-0.3, -0.25) is 0 Å². The van der Waals surface area contributed by atoms with Crippen LogP contribution >= 0.6 is 0 Å². The van der Waals surface area contributed by atoms with E-state index < -0.39 is 0 Å². The Labute approximate surface area is 109 Å². The van der Waals surface area contributed by atoms with E-state index in [1.54, 1.807) is 6.20 Å². The maximum atomic E-state index is 10.6. The van der Waals surface area contributed by atoms with Crippen molar-refractivity contribution in [2.24, 2.45) is 0 Å². The normalized spacial score (nSPS) is 20.2. The van der Waals surface area contributed by atoms with Crippen LogP contribution < -0.4 is 5.73 Å². The summed E-state index contributed by atoms with van der Waals surface area (Å²) in [6, 6.07) is 3.78. The Hall–Kier alpha value is -1.13. The fraction of sp³-hybridized carbons (Fsp3) is 0.643. The van der Waals surface area contributed by atoms with Gasteiger partial charge in [-0.05, 0) is 44.6 Å². The zero-order chi connectivity index (χ0) is 13.2. The van der Waals surface area contributed by atoms with Crippen molar-refractivity contribution in [1.29, 1.82) is 0 Å². The third-order valence-corrected chi connectivity index (χ3v) is 4.25. The van der Waals surface area contributed by atoms with Crippen molar-refractivity contribution >= 4 is 5.82 Å². The lowest BCUT2D eigenvalue weighted by molar-refractivity contribution is -0.00250. The molecule has 0 radical (unpaired) electrons. The second kappa shape index (κ2) is 5.24. The Balaban J connectivity index is 2.13. The standard InChI is InChI=1S/C14H23N3O/c1-17(2)14(6-3-4-7-14)12(18)9-11-5-8-16-13(15)10-11/h5,8,10,12,18H,3-4,6-7,9H2,1-2H3,(H2,15,16).